The number of pyridine rings is 1. The van der Waals surface area contributed by atoms with Crippen LogP contribution in [0.1, 0.15) is 29.4 Å². The average Bonchev–Trinajstić information content (AvgIpc) is 2.14. The average molecular weight is 211 g/mol. The quantitative estimate of drug-likeness (QED) is 0.778. The molecular formula is C10H13NO2S. The van der Waals surface area contributed by atoms with Crippen molar-refractivity contribution in [1.82, 2.24) is 4.98 Å². The minimum atomic E-state index is -0.906. The monoisotopic (exact) mass is 211 g/mol. The zero-order valence-corrected chi connectivity index (χ0v) is 9.10. The van der Waals surface area contributed by atoms with Crippen molar-refractivity contribution in [1.29, 1.82) is 0 Å². The first-order valence-corrected chi connectivity index (χ1v) is 5.46. The summed E-state index contributed by atoms with van der Waals surface area (Å²) in [5.74, 6) is 0.0279. The third kappa shape index (κ3) is 2.73. The molecule has 0 aliphatic carbocycles. The van der Waals surface area contributed by atoms with E-state index in [1.165, 1.54) is 6.20 Å². The van der Waals surface area contributed by atoms with Gasteiger partial charge >= 0.3 is 5.97 Å². The van der Waals surface area contributed by atoms with E-state index in [2.05, 4.69) is 11.9 Å². The highest BCUT2D eigenvalue weighted by atomic mass is 32.2. The number of carboxylic acids is 1. The molecule has 0 aliphatic heterocycles. The Morgan fingerprint density at radius 1 is 1.64 bits per heavy atom. The molecule has 1 rings (SSSR count). The topological polar surface area (TPSA) is 50.2 Å². The van der Waals surface area contributed by atoms with E-state index >= 15 is 0 Å². The Morgan fingerprint density at radius 2 is 2.36 bits per heavy atom. The van der Waals surface area contributed by atoms with Crippen molar-refractivity contribution in [2.45, 2.75) is 25.2 Å². The van der Waals surface area contributed by atoms with Gasteiger partial charge in [0.2, 0.25) is 0 Å². The number of rotatable bonds is 4. The largest absolute Gasteiger partial charge is 0.478 e. The summed E-state index contributed by atoms with van der Waals surface area (Å²) in [4.78, 5) is 15.6. The van der Waals surface area contributed by atoms with Crippen LogP contribution in [0.2, 0.25) is 0 Å². The van der Waals surface area contributed by atoms with Crippen LogP contribution >= 0.6 is 11.8 Å². The minimum Gasteiger partial charge on any atom is -0.478 e. The molecule has 1 N–H and O–H groups in total. The van der Waals surface area contributed by atoms with E-state index < -0.39 is 5.97 Å². The summed E-state index contributed by atoms with van der Waals surface area (Å²) in [6, 6.07) is 1.82. The van der Waals surface area contributed by atoms with Gasteiger partial charge in [-0.2, -0.15) is 0 Å². The molecule has 0 radical (unpaired) electrons. The molecule has 1 aromatic rings. The van der Waals surface area contributed by atoms with Gasteiger partial charge < -0.3 is 5.11 Å². The number of hydrogen-bond acceptors (Lipinski definition) is 3. The minimum absolute atomic E-state index is 0.300. The SMILES string of the molecule is CCCSc1cc(C)ncc1C(=O)O. The van der Waals surface area contributed by atoms with Crippen LogP contribution in [0.15, 0.2) is 17.2 Å². The number of carboxylic acid groups (broad SMARTS) is 1. The van der Waals surface area contributed by atoms with E-state index in [1.54, 1.807) is 11.8 Å². The third-order valence-corrected chi connectivity index (χ3v) is 2.96. The zero-order chi connectivity index (χ0) is 10.6. The predicted molar refractivity (Wildman–Crippen MR) is 56.9 cm³/mol. The summed E-state index contributed by atoms with van der Waals surface area (Å²) < 4.78 is 0. The van der Waals surface area contributed by atoms with Gasteiger partial charge in [-0.3, -0.25) is 4.98 Å². The fourth-order valence-corrected chi connectivity index (χ4v) is 2.00. The van der Waals surface area contributed by atoms with Gasteiger partial charge in [0.25, 0.3) is 0 Å². The van der Waals surface area contributed by atoms with Crippen molar-refractivity contribution >= 4 is 17.7 Å². The van der Waals surface area contributed by atoms with Gasteiger partial charge in [0, 0.05) is 16.8 Å². The zero-order valence-electron chi connectivity index (χ0n) is 8.28. The van der Waals surface area contributed by atoms with E-state index in [0.717, 1.165) is 22.8 Å². The van der Waals surface area contributed by atoms with Gasteiger partial charge in [-0.25, -0.2) is 4.79 Å². The molecule has 76 valence electrons. The fourth-order valence-electron chi connectivity index (χ4n) is 1.03. The Kier molecular flexibility index (Phi) is 3.95. The summed E-state index contributed by atoms with van der Waals surface area (Å²) in [6.45, 7) is 3.93. The Labute approximate surface area is 87.6 Å². The molecule has 0 saturated carbocycles. The molecule has 3 nitrogen and oxygen atoms in total. The summed E-state index contributed by atoms with van der Waals surface area (Å²) in [7, 11) is 0. The van der Waals surface area contributed by atoms with Crippen LogP contribution in [-0.2, 0) is 0 Å². The van der Waals surface area contributed by atoms with Crippen molar-refractivity contribution in [2.24, 2.45) is 0 Å². The number of aryl methyl sites for hydroxylation is 1. The van der Waals surface area contributed by atoms with Crippen molar-refractivity contribution in [3.63, 3.8) is 0 Å². The summed E-state index contributed by atoms with van der Waals surface area (Å²) in [5.41, 5.74) is 1.16. The standard InChI is InChI=1S/C10H13NO2S/c1-3-4-14-9-5-7(2)11-6-8(9)10(12)13/h5-6H,3-4H2,1-2H3,(H,12,13). The Bertz CT molecular complexity index is 339. The van der Waals surface area contributed by atoms with Crippen LogP contribution in [-0.4, -0.2) is 21.8 Å². The summed E-state index contributed by atoms with van der Waals surface area (Å²) in [6.07, 6.45) is 2.46. The van der Waals surface area contributed by atoms with Crippen LogP contribution < -0.4 is 0 Å². The molecule has 0 bridgehead atoms. The highest BCUT2D eigenvalue weighted by Gasteiger charge is 2.10. The predicted octanol–water partition coefficient (Wildman–Crippen LogP) is 2.59. The second-order valence-corrected chi connectivity index (χ2v) is 4.11. The maximum Gasteiger partial charge on any atom is 0.338 e. The fraction of sp³-hybridized carbons (Fsp3) is 0.400. The molecule has 0 saturated heterocycles. The lowest BCUT2D eigenvalue weighted by Gasteiger charge is -2.04. The normalized spacial score (nSPS) is 10.1. The van der Waals surface area contributed by atoms with Crippen molar-refractivity contribution in [3.8, 4) is 0 Å². The van der Waals surface area contributed by atoms with Crippen LogP contribution in [0.25, 0.3) is 0 Å². The van der Waals surface area contributed by atoms with Gasteiger partial charge in [0.15, 0.2) is 0 Å². The maximum atomic E-state index is 10.8. The Morgan fingerprint density at radius 3 is 2.93 bits per heavy atom. The molecule has 4 heteroatoms. The number of aromatic carboxylic acids is 1. The molecule has 0 amide bonds. The molecule has 14 heavy (non-hydrogen) atoms. The molecule has 1 heterocycles. The lowest BCUT2D eigenvalue weighted by Crippen LogP contribution is -2.01. The number of hydrogen-bond donors (Lipinski definition) is 1. The van der Waals surface area contributed by atoms with Crippen LogP contribution in [0, 0.1) is 6.92 Å². The molecule has 0 spiro atoms. The Balaban J connectivity index is 2.97. The Hall–Kier alpha value is -1.03. The second kappa shape index (κ2) is 5.00. The van der Waals surface area contributed by atoms with Crippen LogP contribution in [0.3, 0.4) is 0 Å². The van der Waals surface area contributed by atoms with E-state index in [0.29, 0.717) is 5.56 Å². The highest BCUT2D eigenvalue weighted by Crippen LogP contribution is 2.23. The molecule has 0 unspecified atom stereocenters. The molecule has 0 aromatic carbocycles. The smallest absolute Gasteiger partial charge is 0.338 e. The lowest BCUT2D eigenvalue weighted by atomic mass is 10.2. The molecule has 0 atom stereocenters. The second-order valence-electron chi connectivity index (χ2n) is 2.98. The van der Waals surface area contributed by atoms with Gasteiger partial charge in [-0.15, -0.1) is 11.8 Å². The van der Waals surface area contributed by atoms with Crippen molar-refractivity contribution < 1.29 is 9.90 Å². The van der Waals surface area contributed by atoms with E-state index in [-0.39, 0.29) is 0 Å². The van der Waals surface area contributed by atoms with Gasteiger partial charge in [-0.1, -0.05) is 6.92 Å². The first-order valence-electron chi connectivity index (χ1n) is 4.48. The van der Waals surface area contributed by atoms with E-state index in [9.17, 15) is 4.79 Å². The number of thioether (sulfide) groups is 1. The van der Waals surface area contributed by atoms with Crippen LogP contribution in [0.5, 0.6) is 0 Å². The van der Waals surface area contributed by atoms with Gasteiger partial charge in [0.1, 0.15) is 0 Å². The van der Waals surface area contributed by atoms with Gasteiger partial charge in [0.05, 0.1) is 5.56 Å². The van der Waals surface area contributed by atoms with Crippen LogP contribution in [0.4, 0.5) is 0 Å². The first-order chi connectivity index (χ1) is 6.65. The number of aromatic nitrogens is 1. The summed E-state index contributed by atoms with van der Waals surface area (Å²) in [5, 5.41) is 8.90. The molecule has 0 fully saturated rings. The first kappa shape index (κ1) is 11.0. The van der Waals surface area contributed by atoms with Crippen molar-refractivity contribution in [3.05, 3.63) is 23.5 Å². The van der Waals surface area contributed by atoms with Gasteiger partial charge in [-0.05, 0) is 25.2 Å². The lowest BCUT2D eigenvalue weighted by molar-refractivity contribution is 0.0692. The third-order valence-electron chi connectivity index (χ3n) is 1.69. The highest BCUT2D eigenvalue weighted by molar-refractivity contribution is 7.99. The maximum absolute atomic E-state index is 10.8. The van der Waals surface area contributed by atoms with E-state index in [1.807, 2.05) is 13.0 Å². The molecule has 1 aromatic heterocycles. The molecule has 0 aliphatic rings. The number of carbonyl (C=O) groups is 1. The van der Waals surface area contributed by atoms with Crippen molar-refractivity contribution in [2.75, 3.05) is 5.75 Å². The number of nitrogens with zero attached hydrogens (tertiary/aromatic N) is 1. The molecular weight excluding hydrogens is 198 g/mol. The van der Waals surface area contributed by atoms with E-state index in [4.69, 9.17) is 5.11 Å². The summed E-state index contributed by atoms with van der Waals surface area (Å²) >= 11 is 1.57.